The average Bonchev–Trinajstić information content (AvgIpc) is 3.43. The Labute approximate surface area is 140 Å². The number of carbonyl (C=O) groups is 2. The number of nitrogens with zero attached hydrogens (tertiary/aromatic N) is 1. The molecule has 1 amide bonds. The van der Waals surface area contributed by atoms with Crippen LogP contribution in [0.15, 0.2) is 24.3 Å². The molecule has 0 spiro atoms. The molecule has 0 aromatic heterocycles. The van der Waals surface area contributed by atoms with Gasteiger partial charge in [0, 0.05) is 24.0 Å². The van der Waals surface area contributed by atoms with Gasteiger partial charge in [-0.2, -0.15) is 0 Å². The van der Waals surface area contributed by atoms with Gasteiger partial charge >= 0.3 is 5.97 Å². The first-order valence-electron chi connectivity index (χ1n) is 8.31. The zero-order chi connectivity index (χ0) is 16.1. The van der Waals surface area contributed by atoms with E-state index >= 15 is 0 Å². The number of likely N-dealkylation sites (tertiary alicyclic amines) is 1. The van der Waals surface area contributed by atoms with E-state index in [-0.39, 0.29) is 29.6 Å². The highest BCUT2D eigenvalue weighted by molar-refractivity contribution is 6.30. The van der Waals surface area contributed by atoms with Gasteiger partial charge in [-0.1, -0.05) is 23.7 Å². The van der Waals surface area contributed by atoms with Gasteiger partial charge in [-0.25, -0.2) is 0 Å². The minimum Gasteiger partial charge on any atom is -0.481 e. The van der Waals surface area contributed by atoms with Gasteiger partial charge in [-0.15, -0.1) is 0 Å². The van der Waals surface area contributed by atoms with Gasteiger partial charge in [0.2, 0.25) is 5.91 Å². The molecule has 3 aliphatic rings. The van der Waals surface area contributed by atoms with Crippen molar-refractivity contribution in [3.63, 3.8) is 0 Å². The Morgan fingerprint density at radius 2 is 1.96 bits per heavy atom. The van der Waals surface area contributed by atoms with Gasteiger partial charge < -0.3 is 10.0 Å². The number of rotatable bonds is 4. The molecular weight excluding hydrogens is 314 g/mol. The van der Waals surface area contributed by atoms with Crippen molar-refractivity contribution >= 4 is 23.5 Å². The summed E-state index contributed by atoms with van der Waals surface area (Å²) in [5, 5.41) is 10.1. The van der Waals surface area contributed by atoms with Gasteiger partial charge in [-0.05, 0) is 54.7 Å². The maximum Gasteiger partial charge on any atom is 0.308 e. The Morgan fingerprint density at radius 3 is 2.61 bits per heavy atom. The first-order chi connectivity index (χ1) is 11.0. The molecule has 1 heterocycles. The second-order valence-corrected chi connectivity index (χ2v) is 7.63. The number of hydrogen-bond acceptors (Lipinski definition) is 2. The number of carbonyl (C=O) groups excluding carboxylic acids is 1. The predicted molar refractivity (Wildman–Crippen MR) is 86.2 cm³/mol. The highest BCUT2D eigenvalue weighted by Gasteiger charge is 2.51. The van der Waals surface area contributed by atoms with E-state index in [1.165, 1.54) is 0 Å². The van der Waals surface area contributed by atoms with Crippen molar-refractivity contribution in [2.75, 3.05) is 13.1 Å². The van der Waals surface area contributed by atoms with Crippen LogP contribution >= 0.6 is 11.6 Å². The lowest BCUT2D eigenvalue weighted by Gasteiger charge is -2.16. The molecule has 2 unspecified atom stereocenters. The Morgan fingerprint density at radius 1 is 1.17 bits per heavy atom. The van der Waals surface area contributed by atoms with Crippen LogP contribution in [0.2, 0.25) is 5.02 Å². The van der Waals surface area contributed by atoms with Crippen molar-refractivity contribution in [2.24, 2.45) is 23.7 Å². The molecule has 5 heteroatoms. The fraction of sp³-hybridized carbons (Fsp3) is 0.556. The molecule has 4 atom stereocenters. The maximum absolute atomic E-state index is 12.7. The third-order valence-corrected chi connectivity index (χ3v) is 5.84. The summed E-state index contributed by atoms with van der Waals surface area (Å²) < 4.78 is 0. The van der Waals surface area contributed by atoms with Gasteiger partial charge in [0.15, 0.2) is 0 Å². The fourth-order valence-corrected chi connectivity index (χ4v) is 4.28. The van der Waals surface area contributed by atoms with E-state index in [1.807, 2.05) is 24.3 Å². The Bertz CT molecular complexity index is 657. The van der Waals surface area contributed by atoms with E-state index in [0.717, 1.165) is 24.8 Å². The first-order valence-corrected chi connectivity index (χ1v) is 8.69. The van der Waals surface area contributed by atoms with Crippen LogP contribution in [-0.4, -0.2) is 35.0 Å². The summed E-state index contributed by atoms with van der Waals surface area (Å²) in [7, 11) is 0. The van der Waals surface area contributed by atoms with Gasteiger partial charge in [-0.3, -0.25) is 9.59 Å². The molecule has 2 saturated carbocycles. The van der Waals surface area contributed by atoms with E-state index in [4.69, 9.17) is 11.6 Å². The molecule has 1 N–H and O–H groups in total. The summed E-state index contributed by atoms with van der Waals surface area (Å²) in [5.41, 5.74) is 1.11. The van der Waals surface area contributed by atoms with Gasteiger partial charge in [0.25, 0.3) is 0 Å². The molecule has 0 radical (unpaired) electrons. The quantitative estimate of drug-likeness (QED) is 0.921. The van der Waals surface area contributed by atoms with E-state index in [1.54, 1.807) is 4.90 Å². The molecule has 2 aliphatic carbocycles. The molecule has 0 bridgehead atoms. The smallest absolute Gasteiger partial charge is 0.308 e. The van der Waals surface area contributed by atoms with E-state index in [2.05, 4.69) is 0 Å². The number of hydrogen-bond donors (Lipinski definition) is 1. The van der Waals surface area contributed by atoms with Crippen molar-refractivity contribution in [3.05, 3.63) is 34.9 Å². The number of benzene rings is 1. The van der Waals surface area contributed by atoms with Crippen LogP contribution in [0.4, 0.5) is 0 Å². The number of amides is 1. The lowest BCUT2D eigenvalue weighted by atomic mass is 9.92. The minimum atomic E-state index is -0.751. The van der Waals surface area contributed by atoms with Crippen LogP contribution in [0.3, 0.4) is 0 Å². The minimum absolute atomic E-state index is 0.000801. The van der Waals surface area contributed by atoms with Crippen LogP contribution in [0.25, 0.3) is 0 Å². The molecule has 1 aromatic carbocycles. The lowest BCUT2D eigenvalue weighted by molar-refractivity contribution is -0.142. The molecular formula is C18H20ClNO3. The Hall–Kier alpha value is -1.55. The number of carboxylic acids is 1. The van der Waals surface area contributed by atoms with Crippen molar-refractivity contribution in [1.82, 2.24) is 4.90 Å². The van der Waals surface area contributed by atoms with Crippen molar-refractivity contribution < 1.29 is 14.7 Å². The van der Waals surface area contributed by atoms with E-state index in [0.29, 0.717) is 24.0 Å². The summed E-state index contributed by atoms with van der Waals surface area (Å²) >= 11 is 6.03. The fourth-order valence-electron chi connectivity index (χ4n) is 4.08. The average molecular weight is 334 g/mol. The highest BCUT2D eigenvalue weighted by Crippen LogP contribution is 2.50. The molecule has 4 rings (SSSR count). The number of aliphatic carboxylic acids is 1. The van der Waals surface area contributed by atoms with Crippen LogP contribution in [0, 0.1) is 23.7 Å². The van der Waals surface area contributed by atoms with Gasteiger partial charge in [0.1, 0.15) is 0 Å². The second-order valence-electron chi connectivity index (χ2n) is 7.19. The standard InChI is InChI=1S/C18H20ClNO3/c19-12-3-1-2-11(6-12)13-7-14(13)17(21)20-8-15(10-4-5-10)16(9-20)18(22)23/h1-3,6,10,13-16H,4-5,7-9H2,(H,22,23)/t13?,14?,15-,16+/m1/s1. The third kappa shape index (κ3) is 2.85. The van der Waals surface area contributed by atoms with Gasteiger partial charge in [0.05, 0.1) is 5.92 Å². The molecule has 23 heavy (non-hydrogen) atoms. The summed E-state index contributed by atoms with van der Waals surface area (Å²) in [4.78, 5) is 26.0. The van der Waals surface area contributed by atoms with Crippen molar-refractivity contribution in [2.45, 2.75) is 25.2 Å². The normalized spacial score (nSPS) is 32.8. The highest BCUT2D eigenvalue weighted by atomic mass is 35.5. The molecule has 1 aliphatic heterocycles. The summed E-state index contributed by atoms with van der Waals surface area (Å²) in [6, 6.07) is 7.69. The summed E-state index contributed by atoms with van der Waals surface area (Å²) in [6.07, 6.45) is 3.08. The lowest BCUT2D eigenvalue weighted by Crippen LogP contribution is -2.31. The van der Waals surface area contributed by atoms with Crippen LogP contribution in [0.5, 0.6) is 0 Å². The summed E-state index contributed by atoms with van der Waals surface area (Å²) in [5.74, 6) is -0.0967. The predicted octanol–water partition coefficient (Wildman–Crippen LogP) is 3.01. The topological polar surface area (TPSA) is 57.6 Å². The molecule has 1 aromatic rings. The Kier molecular flexibility index (Phi) is 3.60. The molecule has 4 nitrogen and oxygen atoms in total. The Balaban J connectivity index is 1.43. The van der Waals surface area contributed by atoms with E-state index < -0.39 is 5.97 Å². The third-order valence-electron chi connectivity index (χ3n) is 5.61. The monoisotopic (exact) mass is 333 g/mol. The zero-order valence-corrected chi connectivity index (χ0v) is 13.6. The van der Waals surface area contributed by atoms with Crippen molar-refractivity contribution in [3.8, 4) is 0 Å². The van der Waals surface area contributed by atoms with Crippen LogP contribution in [-0.2, 0) is 9.59 Å². The molecule has 1 saturated heterocycles. The maximum atomic E-state index is 12.7. The SMILES string of the molecule is O=C(O)[C@H]1CN(C(=O)C2CC2c2cccc(Cl)c2)C[C@@H]1C1CC1. The van der Waals surface area contributed by atoms with Crippen molar-refractivity contribution in [1.29, 1.82) is 0 Å². The largest absolute Gasteiger partial charge is 0.481 e. The second kappa shape index (κ2) is 5.52. The number of carboxylic acid groups (broad SMARTS) is 1. The number of halogens is 1. The van der Waals surface area contributed by atoms with Crippen LogP contribution in [0.1, 0.15) is 30.7 Å². The first kappa shape index (κ1) is 15.0. The summed E-state index contributed by atoms with van der Waals surface area (Å²) in [6.45, 7) is 1.01. The van der Waals surface area contributed by atoms with Crippen LogP contribution < -0.4 is 0 Å². The van der Waals surface area contributed by atoms with E-state index in [9.17, 15) is 14.7 Å². The zero-order valence-electron chi connectivity index (χ0n) is 12.8. The molecule has 122 valence electrons. The molecule has 3 fully saturated rings.